The van der Waals surface area contributed by atoms with E-state index in [-0.39, 0.29) is 11.8 Å². The van der Waals surface area contributed by atoms with Gasteiger partial charge >= 0.3 is 0 Å². The van der Waals surface area contributed by atoms with Crippen molar-refractivity contribution >= 4 is 23.2 Å². The van der Waals surface area contributed by atoms with Crippen LogP contribution in [-0.2, 0) is 11.3 Å². The molecule has 3 aromatic rings. The van der Waals surface area contributed by atoms with Gasteiger partial charge in [-0.15, -0.1) is 0 Å². The Bertz CT molecular complexity index is 1040. The van der Waals surface area contributed by atoms with Crippen LogP contribution in [0, 0.1) is 0 Å². The minimum Gasteiger partial charge on any atom is -0.486 e. The Labute approximate surface area is 167 Å². The van der Waals surface area contributed by atoms with Gasteiger partial charge in [0, 0.05) is 37.1 Å². The predicted molar refractivity (Wildman–Crippen MR) is 107 cm³/mol. The van der Waals surface area contributed by atoms with Crippen molar-refractivity contribution in [3.05, 3.63) is 66.2 Å². The molecular weight excluding hydrogens is 372 g/mol. The van der Waals surface area contributed by atoms with E-state index >= 15 is 0 Å². The summed E-state index contributed by atoms with van der Waals surface area (Å²) in [4.78, 5) is 27.8. The van der Waals surface area contributed by atoms with Crippen molar-refractivity contribution in [2.24, 2.45) is 0 Å². The summed E-state index contributed by atoms with van der Waals surface area (Å²) in [5.74, 6) is 0.868. The van der Waals surface area contributed by atoms with Crippen LogP contribution in [-0.4, -0.2) is 34.6 Å². The summed E-state index contributed by atoms with van der Waals surface area (Å²) >= 11 is 0. The molecule has 2 amide bonds. The molecule has 1 aromatic heterocycles. The molecule has 1 aliphatic heterocycles. The number of carbonyl (C=O) groups excluding carboxylic acids is 2. The largest absolute Gasteiger partial charge is 0.486 e. The van der Waals surface area contributed by atoms with E-state index in [0.717, 1.165) is 11.3 Å². The topological polar surface area (TPSA) is 94.5 Å². The van der Waals surface area contributed by atoms with Crippen molar-refractivity contribution < 1.29 is 19.1 Å². The lowest BCUT2D eigenvalue weighted by Gasteiger charge is -2.18. The number of carbonyl (C=O) groups is 2. The first-order valence-corrected chi connectivity index (χ1v) is 9.16. The SMILES string of the molecule is CC(=O)Nc1ccc(Cn2cnc(C(=O)Nc3ccc4c(c3)OCCO4)c2)cc1. The van der Waals surface area contributed by atoms with Crippen molar-refractivity contribution in [1.82, 2.24) is 9.55 Å². The van der Waals surface area contributed by atoms with Gasteiger partial charge in [0.1, 0.15) is 18.9 Å². The Morgan fingerprint density at radius 3 is 2.48 bits per heavy atom. The second-order valence-corrected chi connectivity index (χ2v) is 6.62. The number of anilines is 2. The quantitative estimate of drug-likeness (QED) is 0.696. The molecule has 0 fully saturated rings. The molecule has 0 unspecified atom stereocenters. The molecule has 29 heavy (non-hydrogen) atoms. The number of amides is 2. The van der Waals surface area contributed by atoms with Gasteiger partial charge in [0.25, 0.3) is 5.91 Å². The van der Waals surface area contributed by atoms with E-state index in [0.29, 0.717) is 42.6 Å². The molecule has 0 aliphatic carbocycles. The van der Waals surface area contributed by atoms with Gasteiger partial charge in [-0.1, -0.05) is 12.1 Å². The second kappa shape index (κ2) is 8.05. The van der Waals surface area contributed by atoms with Gasteiger partial charge in [0.2, 0.25) is 5.91 Å². The van der Waals surface area contributed by atoms with Crippen LogP contribution < -0.4 is 20.1 Å². The van der Waals surface area contributed by atoms with E-state index in [4.69, 9.17) is 9.47 Å². The number of benzene rings is 2. The molecule has 0 bridgehead atoms. The Morgan fingerprint density at radius 2 is 1.72 bits per heavy atom. The van der Waals surface area contributed by atoms with Crippen LogP contribution in [0.15, 0.2) is 55.0 Å². The molecule has 0 atom stereocenters. The third kappa shape index (κ3) is 4.55. The number of nitrogens with one attached hydrogen (secondary N) is 2. The van der Waals surface area contributed by atoms with Crippen molar-refractivity contribution in [3.63, 3.8) is 0 Å². The number of rotatable bonds is 5. The average molecular weight is 392 g/mol. The highest BCUT2D eigenvalue weighted by Gasteiger charge is 2.14. The number of hydrogen-bond acceptors (Lipinski definition) is 5. The molecule has 8 heteroatoms. The van der Waals surface area contributed by atoms with Gasteiger partial charge in [0.05, 0.1) is 6.33 Å². The summed E-state index contributed by atoms with van der Waals surface area (Å²) in [5, 5.41) is 5.55. The van der Waals surface area contributed by atoms with Crippen LogP contribution >= 0.6 is 0 Å². The smallest absolute Gasteiger partial charge is 0.275 e. The molecule has 2 aromatic carbocycles. The Kier molecular flexibility index (Phi) is 5.15. The maximum Gasteiger partial charge on any atom is 0.275 e. The van der Waals surface area contributed by atoms with Crippen molar-refractivity contribution in [2.75, 3.05) is 23.8 Å². The van der Waals surface area contributed by atoms with Crippen molar-refractivity contribution in [3.8, 4) is 11.5 Å². The third-order valence-corrected chi connectivity index (χ3v) is 4.31. The molecule has 0 saturated carbocycles. The van der Waals surface area contributed by atoms with Gasteiger partial charge in [-0.3, -0.25) is 9.59 Å². The summed E-state index contributed by atoms with van der Waals surface area (Å²) in [5.41, 5.74) is 2.69. The number of ether oxygens (including phenoxy) is 2. The average Bonchev–Trinajstić information content (AvgIpc) is 3.18. The van der Waals surface area contributed by atoms with E-state index in [9.17, 15) is 9.59 Å². The fourth-order valence-electron chi connectivity index (χ4n) is 2.99. The van der Waals surface area contributed by atoms with Crippen molar-refractivity contribution in [2.45, 2.75) is 13.5 Å². The summed E-state index contributed by atoms with van der Waals surface area (Å²) in [7, 11) is 0. The lowest BCUT2D eigenvalue weighted by molar-refractivity contribution is -0.114. The predicted octanol–water partition coefficient (Wildman–Crippen LogP) is 2.91. The monoisotopic (exact) mass is 392 g/mol. The first-order chi connectivity index (χ1) is 14.1. The Balaban J connectivity index is 1.39. The number of aromatic nitrogens is 2. The number of fused-ring (bicyclic) bond motifs is 1. The van der Waals surface area contributed by atoms with Crippen molar-refractivity contribution in [1.29, 1.82) is 0 Å². The molecule has 0 saturated heterocycles. The van der Waals surface area contributed by atoms with Gasteiger partial charge in [0.15, 0.2) is 11.5 Å². The first kappa shape index (κ1) is 18.5. The zero-order valence-corrected chi connectivity index (χ0v) is 15.8. The Morgan fingerprint density at radius 1 is 1.00 bits per heavy atom. The third-order valence-electron chi connectivity index (χ3n) is 4.31. The van der Waals surface area contributed by atoms with E-state index < -0.39 is 0 Å². The molecule has 0 radical (unpaired) electrons. The van der Waals surface area contributed by atoms with E-state index in [1.165, 1.54) is 6.92 Å². The van der Waals surface area contributed by atoms with Crippen LogP contribution in [0.4, 0.5) is 11.4 Å². The van der Waals surface area contributed by atoms with E-state index in [2.05, 4.69) is 15.6 Å². The molecule has 8 nitrogen and oxygen atoms in total. The fourth-order valence-corrected chi connectivity index (χ4v) is 2.99. The lowest BCUT2D eigenvalue weighted by atomic mass is 10.2. The molecule has 2 N–H and O–H groups in total. The van der Waals surface area contributed by atoms with Crippen LogP contribution in [0.5, 0.6) is 11.5 Å². The summed E-state index contributed by atoms with van der Waals surface area (Å²) in [6.07, 6.45) is 3.30. The highest BCUT2D eigenvalue weighted by atomic mass is 16.6. The van der Waals surface area contributed by atoms with E-state index in [1.54, 1.807) is 30.7 Å². The highest BCUT2D eigenvalue weighted by Crippen LogP contribution is 2.32. The second-order valence-electron chi connectivity index (χ2n) is 6.62. The minimum absolute atomic E-state index is 0.110. The normalized spacial score (nSPS) is 12.3. The van der Waals surface area contributed by atoms with Crippen LogP contribution in [0.1, 0.15) is 23.0 Å². The molecule has 2 heterocycles. The van der Waals surface area contributed by atoms with Crippen LogP contribution in [0.25, 0.3) is 0 Å². The zero-order chi connectivity index (χ0) is 20.2. The maximum absolute atomic E-state index is 12.5. The van der Waals surface area contributed by atoms with Gasteiger partial charge in [-0.05, 0) is 29.8 Å². The van der Waals surface area contributed by atoms with Gasteiger partial charge < -0.3 is 24.7 Å². The molecule has 1 aliphatic rings. The van der Waals surface area contributed by atoms with Gasteiger partial charge in [-0.25, -0.2) is 4.98 Å². The summed E-state index contributed by atoms with van der Waals surface area (Å²) in [6, 6.07) is 12.8. The summed E-state index contributed by atoms with van der Waals surface area (Å²) < 4.78 is 12.8. The zero-order valence-electron chi connectivity index (χ0n) is 15.8. The summed E-state index contributed by atoms with van der Waals surface area (Å²) in [6.45, 7) is 3.04. The van der Waals surface area contributed by atoms with Gasteiger partial charge in [-0.2, -0.15) is 0 Å². The molecular formula is C21H20N4O4. The number of nitrogens with zero attached hydrogens (tertiary/aromatic N) is 2. The highest BCUT2D eigenvalue weighted by molar-refractivity contribution is 6.02. The lowest BCUT2D eigenvalue weighted by Crippen LogP contribution is -2.16. The van der Waals surface area contributed by atoms with Crippen LogP contribution in [0.3, 0.4) is 0 Å². The first-order valence-electron chi connectivity index (χ1n) is 9.16. The molecule has 148 valence electrons. The number of hydrogen-bond donors (Lipinski definition) is 2. The maximum atomic E-state index is 12.5. The van der Waals surface area contributed by atoms with E-state index in [1.807, 2.05) is 28.8 Å². The minimum atomic E-state index is -0.304. The molecule has 4 rings (SSSR count). The van der Waals surface area contributed by atoms with Crippen LogP contribution in [0.2, 0.25) is 0 Å². The Hall–Kier alpha value is -3.81. The fraction of sp³-hybridized carbons (Fsp3) is 0.190. The number of imidazole rings is 1. The molecule has 0 spiro atoms. The standard InChI is InChI=1S/C21H20N4O4/c1-14(26)23-16-4-2-15(3-5-16)11-25-12-18(22-13-25)21(27)24-17-6-7-19-20(10-17)29-9-8-28-19/h2-7,10,12-13H,8-9,11H2,1H3,(H,23,26)(H,24,27).